The maximum Gasteiger partial charge on any atom is 0.337 e. The van der Waals surface area contributed by atoms with Gasteiger partial charge in [0.2, 0.25) is 5.91 Å². The van der Waals surface area contributed by atoms with Crippen molar-refractivity contribution in [1.82, 2.24) is 4.98 Å². The number of ether oxygens (including phenoxy) is 1. The van der Waals surface area contributed by atoms with E-state index in [-0.39, 0.29) is 5.91 Å². The number of hydrogen-bond donors (Lipinski definition) is 2. The van der Waals surface area contributed by atoms with Crippen molar-refractivity contribution in [2.45, 2.75) is 13.3 Å². The van der Waals surface area contributed by atoms with Gasteiger partial charge >= 0.3 is 5.97 Å². The molecule has 2 N–H and O–H groups in total. The summed E-state index contributed by atoms with van der Waals surface area (Å²) < 4.78 is 4.64. The fourth-order valence-electron chi connectivity index (χ4n) is 2.64. The number of esters is 1. The van der Waals surface area contributed by atoms with E-state index in [1.54, 1.807) is 24.3 Å². The Kier molecular flexibility index (Phi) is 4.33. The maximum atomic E-state index is 12.2. The number of nitrogens with one attached hydrogen (secondary N) is 2. The molecule has 0 saturated heterocycles. The molecular formula is C19H18N2O3. The number of benzene rings is 2. The van der Waals surface area contributed by atoms with Crippen LogP contribution in [0.2, 0.25) is 0 Å². The number of amides is 1. The van der Waals surface area contributed by atoms with E-state index in [4.69, 9.17) is 0 Å². The summed E-state index contributed by atoms with van der Waals surface area (Å²) in [4.78, 5) is 26.8. The van der Waals surface area contributed by atoms with Gasteiger partial charge in [-0.05, 0) is 60.3 Å². The van der Waals surface area contributed by atoms with Crippen LogP contribution in [-0.2, 0) is 16.0 Å². The molecule has 3 aromatic rings. The SMILES string of the molecule is COC(=O)c1ccc(NC(=O)Cc2ccc3[nH]c(C)cc3c2)cc1. The average Bonchev–Trinajstić information content (AvgIpc) is 2.94. The van der Waals surface area contributed by atoms with Crippen LogP contribution >= 0.6 is 0 Å². The molecule has 0 radical (unpaired) electrons. The Morgan fingerprint density at radius 2 is 1.83 bits per heavy atom. The van der Waals surface area contributed by atoms with Crippen molar-refractivity contribution in [3.05, 3.63) is 65.4 Å². The lowest BCUT2D eigenvalue weighted by Gasteiger charge is -2.06. The van der Waals surface area contributed by atoms with Crippen molar-refractivity contribution in [2.75, 3.05) is 12.4 Å². The van der Waals surface area contributed by atoms with Gasteiger partial charge in [0.05, 0.1) is 19.1 Å². The van der Waals surface area contributed by atoms with Gasteiger partial charge in [-0.25, -0.2) is 4.79 Å². The van der Waals surface area contributed by atoms with E-state index >= 15 is 0 Å². The number of anilines is 1. The Bertz CT molecular complexity index is 895. The second kappa shape index (κ2) is 6.58. The fourth-order valence-corrected chi connectivity index (χ4v) is 2.64. The molecule has 1 amide bonds. The first-order chi connectivity index (χ1) is 11.5. The fraction of sp³-hybridized carbons (Fsp3) is 0.158. The lowest BCUT2D eigenvalue weighted by molar-refractivity contribution is -0.115. The molecule has 0 saturated carbocycles. The van der Waals surface area contributed by atoms with Crippen LogP contribution < -0.4 is 5.32 Å². The predicted octanol–water partition coefficient (Wildman–Crippen LogP) is 3.44. The van der Waals surface area contributed by atoms with Crippen LogP contribution in [0.3, 0.4) is 0 Å². The summed E-state index contributed by atoms with van der Waals surface area (Å²) in [5, 5.41) is 3.93. The van der Waals surface area contributed by atoms with Crippen molar-refractivity contribution in [3.8, 4) is 0 Å². The molecule has 0 unspecified atom stereocenters. The first kappa shape index (κ1) is 15.8. The molecule has 0 fully saturated rings. The highest BCUT2D eigenvalue weighted by molar-refractivity contribution is 5.94. The minimum Gasteiger partial charge on any atom is -0.465 e. The van der Waals surface area contributed by atoms with Crippen molar-refractivity contribution >= 4 is 28.5 Å². The number of fused-ring (bicyclic) bond motifs is 1. The Hall–Kier alpha value is -3.08. The highest BCUT2D eigenvalue weighted by Crippen LogP contribution is 2.18. The topological polar surface area (TPSA) is 71.2 Å². The first-order valence-electron chi connectivity index (χ1n) is 7.61. The molecule has 1 aromatic heterocycles. The summed E-state index contributed by atoms with van der Waals surface area (Å²) in [5.41, 5.74) is 4.20. The molecule has 3 rings (SSSR count). The smallest absolute Gasteiger partial charge is 0.337 e. The van der Waals surface area contributed by atoms with E-state index < -0.39 is 5.97 Å². The third-order valence-corrected chi connectivity index (χ3v) is 3.77. The number of methoxy groups -OCH3 is 1. The van der Waals surface area contributed by atoms with E-state index in [0.717, 1.165) is 22.2 Å². The van der Waals surface area contributed by atoms with Crippen LogP contribution in [0, 0.1) is 6.92 Å². The Labute approximate surface area is 139 Å². The van der Waals surface area contributed by atoms with E-state index in [0.29, 0.717) is 17.7 Å². The number of carbonyl (C=O) groups is 2. The largest absolute Gasteiger partial charge is 0.465 e. The second-order valence-corrected chi connectivity index (χ2v) is 5.67. The number of aromatic amines is 1. The van der Waals surface area contributed by atoms with Gasteiger partial charge in [-0.1, -0.05) is 6.07 Å². The van der Waals surface area contributed by atoms with Crippen molar-refractivity contribution in [2.24, 2.45) is 0 Å². The quantitative estimate of drug-likeness (QED) is 0.723. The maximum absolute atomic E-state index is 12.2. The number of carbonyl (C=O) groups excluding carboxylic acids is 2. The number of hydrogen-bond acceptors (Lipinski definition) is 3. The molecule has 0 spiro atoms. The van der Waals surface area contributed by atoms with Crippen LogP contribution in [0.25, 0.3) is 10.9 Å². The molecule has 5 heteroatoms. The van der Waals surface area contributed by atoms with E-state index in [9.17, 15) is 9.59 Å². The van der Waals surface area contributed by atoms with Crippen molar-refractivity contribution in [1.29, 1.82) is 0 Å². The average molecular weight is 322 g/mol. The van der Waals surface area contributed by atoms with Crippen molar-refractivity contribution in [3.63, 3.8) is 0 Å². The van der Waals surface area contributed by atoms with Crippen LogP contribution in [0.15, 0.2) is 48.5 Å². The number of rotatable bonds is 4. The number of H-pyrrole nitrogens is 1. The summed E-state index contributed by atoms with van der Waals surface area (Å²) in [6.45, 7) is 2.00. The minimum absolute atomic E-state index is 0.104. The Balaban J connectivity index is 1.66. The molecule has 2 aromatic carbocycles. The van der Waals surface area contributed by atoms with E-state index in [1.807, 2.05) is 25.1 Å². The molecule has 5 nitrogen and oxygen atoms in total. The minimum atomic E-state index is -0.400. The predicted molar refractivity (Wildman–Crippen MR) is 93.2 cm³/mol. The highest BCUT2D eigenvalue weighted by Gasteiger charge is 2.08. The molecule has 122 valence electrons. The highest BCUT2D eigenvalue weighted by atomic mass is 16.5. The van der Waals surface area contributed by atoms with Crippen molar-refractivity contribution < 1.29 is 14.3 Å². The van der Waals surface area contributed by atoms with Gasteiger partial charge in [0.25, 0.3) is 0 Å². The molecule has 24 heavy (non-hydrogen) atoms. The van der Waals surface area contributed by atoms with Gasteiger partial charge in [-0.3, -0.25) is 4.79 Å². The van der Waals surface area contributed by atoms with Gasteiger partial charge in [0.15, 0.2) is 0 Å². The zero-order chi connectivity index (χ0) is 17.1. The zero-order valence-corrected chi connectivity index (χ0v) is 13.6. The lowest BCUT2D eigenvalue weighted by atomic mass is 10.1. The summed E-state index contributed by atoms with van der Waals surface area (Å²) in [5.74, 6) is -0.504. The molecule has 0 bridgehead atoms. The summed E-state index contributed by atoms with van der Waals surface area (Å²) >= 11 is 0. The first-order valence-corrected chi connectivity index (χ1v) is 7.61. The Morgan fingerprint density at radius 1 is 1.08 bits per heavy atom. The molecule has 0 aliphatic carbocycles. The van der Waals surface area contributed by atoms with Gasteiger partial charge in [-0.2, -0.15) is 0 Å². The zero-order valence-electron chi connectivity index (χ0n) is 13.6. The molecular weight excluding hydrogens is 304 g/mol. The Morgan fingerprint density at radius 3 is 2.54 bits per heavy atom. The molecule has 0 aliphatic heterocycles. The second-order valence-electron chi connectivity index (χ2n) is 5.67. The summed E-state index contributed by atoms with van der Waals surface area (Å²) in [7, 11) is 1.33. The van der Waals surface area contributed by atoms with Gasteiger partial charge in [0.1, 0.15) is 0 Å². The van der Waals surface area contributed by atoms with Crippen LogP contribution in [0.5, 0.6) is 0 Å². The lowest BCUT2D eigenvalue weighted by Crippen LogP contribution is -2.14. The number of aryl methyl sites for hydroxylation is 1. The molecule has 0 atom stereocenters. The third-order valence-electron chi connectivity index (χ3n) is 3.77. The summed E-state index contributed by atoms with van der Waals surface area (Å²) in [6, 6.07) is 14.6. The molecule has 1 heterocycles. The van der Waals surface area contributed by atoms with Gasteiger partial charge in [-0.15, -0.1) is 0 Å². The normalized spacial score (nSPS) is 10.6. The summed E-state index contributed by atoms with van der Waals surface area (Å²) in [6.07, 6.45) is 0.291. The van der Waals surface area contributed by atoms with E-state index in [2.05, 4.69) is 21.1 Å². The molecule has 0 aliphatic rings. The van der Waals surface area contributed by atoms with Gasteiger partial charge in [0, 0.05) is 16.9 Å². The standard InChI is InChI=1S/C19H18N2O3/c1-12-9-15-10-13(3-8-17(15)20-12)11-18(22)21-16-6-4-14(5-7-16)19(23)24-2/h3-10,20H,11H2,1-2H3,(H,21,22). The van der Waals surface area contributed by atoms with Crippen LogP contribution in [-0.4, -0.2) is 24.0 Å². The van der Waals surface area contributed by atoms with Gasteiger partial charge < -0.3 is 15.0 Å². The van der Waals surface area contributed by atoms with Crippen LogP contribution in [0.1, 0.15) is 21.6 Å². The third kappa shape index (κ3) is 3.46. The monoisotopic (exact) mass is 322 g/mol. The van der Waals surface area contributed by atoms with Crippen LogP contribution in [0.4, 0.5) is 5.69 Å². The van der Waals surface area contributed by atoms with E-state index in [1.165, 1.54) is 7.11 Å². The number of aromatic nitrogens is 1.